The maximum Gasteiger partial charge on any atom is 0.410 e. The van der Waals surface area contributed by atoms with E-state index < -0.39 is 0 Å². The highest BCUT2D eigenvalue weighted by atomic mass is 16.6. The predicted molar refractivity (Wildman–Crippen MR) is 75.8 cm³/mol. The van der Waals surface area contributed by atoms with Crippen LogP contribution < -0.4 is 0 Å². The fraction of sp³-hybridized carbons (Fsp3) is 0.733. The summed E-state index contributed by atoms with van der Waals surface area (Å²) in [6.45, 7) is 5.30. The molecular weight excluding hydrogens is 272 g/mol. The van der Waals surface area contributed by atoms with Gasteiger partial charge in [-0.05, 0) is 26.2 Å². The van der Waals surface area contributed by atoms with E-state index in [1.54, 1.807) is 0 Å². The largest absolute Gasteiger partial charge is 0.448 e. The average molecular weight is 294 g/mol. The minimum Gasteiger partial charge on any atom is -0.448 e. The molecule has 0 unspecified atom stereocenters. The van der Waals surface area contributed by atoms with Gasteiger partial charge in [0.15, 0.2) is 0 Å². The van der Waals surface area contributed by atoms with Gasteiger partial charge in [-0.1, -0.05) is 11.6 Å². The average Bonchev–Trinajstić information content (AvgIpc) is 2.85. The molecular formula is C15H22N2O4. The number of ether oxygens (including phenoxy) is 2. The van der Waals surface area contributed by atoms with E-state index >= 15 is 0 Å². The van der Waals surface area contributed by atoms with Gasteiger partial charge in [0, 0.05) is 13.1 Å². The number of hydrogen-bond acceptors (Lipinski definition) is 4. The SMILES string of the molecule is CC1=CC2(CCN(C(=O)CN3CCOC3=O)CC2)OCC1. The highest BCUT2D eigenvalue weighted by Crippen LogP contribution is 2.33. The quantitative estimate of drug-likeness (QED) is 0.717. The van der Waals surface area contributed by atoms with Gasteiger partial charge in [0.2, 0.25) is 5.91 Å². The Hall–Kier alpha value is -1.56. The number of nitrogens with zero attached hydrogens (tertiary/aromatic N) is 2. The maximum absolute atomic E-state index is 12.3. The van der Waals surface area contributed by atoms with Crippen LogP contribution in [-0.4, -0.2) is 66.8 Å². The number of hydrogen-bond donors (Lipinski definition) is 0. The zero-order valence-electron chi connectivity index (χ0n) is 12.5. The van der Waals surface area contributed by atoms with Crippen LogP contribution in [0.25, 0.3) is 0 Å². The third kappa shape index (κ3) is 3.05. The Morgan fingerprint density at radius 1 is 1.29 bits per heavy atom. The van der Waals surface area contributed by atoms with E-state index in [0.29, 0.717) is 26.2 Å². The molecule has 0 aromatic heterocycles. The molecule has 0 aliphatic carbocycles. The van der Waals surface area contributed by atoms with Crippen LogP contribution in [0.2, 0.25) is 0 Å². The molecule has 21 heavy (non-hydrogen) atoms. The molecule has 0 aromatic carbocycles. The Labute approximate surface area is 124 Å². The van der Waals surface area contributed by atoms with Crippen molar-refractivity contribution < 1.29 is 19.1 Å². The molecule has 3 aliphatic heterocycles. The summed E-state index contributed by atoms with van der Waals surface area (Å²) < 4.78 is 10.8. The molecule has 2 amide bonds. The Bertz CT molecular complexity index is 466. The molecule has 3 rings (SSSR count). The van der Waals surface area contributed by atoms with Crippen LogP contribution in [0.4, 0.5) is 4.79 Å². The van der Waals surface area contributed by atoms with E-state index in [4.69, 9.17) is 9.47 Å². The lowest BCUT2D eigenvalue weighted by molar-refractivity contribution is -0.136. The van der Waals surface area contributed by atoms with Crippen LogP contribution in [0.3, 0.4) is 0 Å². The fourth-order valence-corrected chi connectivity index (χ4v) is 3.23. The number of piperidine rings is 1. The highest BCUT2D eigenvalue weighted by Gasteiger charge is 2.37. The van der Waals surface area contributed by atoms with Gasteiger partial charge in [0.1, 0.15) is 13.2 Å². The second-order valence-electron chi connectivity index (χ2n) is 6.07. The molecule has 6 nitrogen and oxygen atoms in total. The standard InChI is InChI=1S/C15H22N2O4/c1-12-2-8-21-15(10-12)3-5-16(6-4-15)13(18)11-17-7-9-20-14(17)19/h10H,2-9,11H2,1H3. The van der Waals surface area contributed by atoms with E-state index in [2.05, 4.69) is 13.0 Å². The van der Waals surface area contributed by atoms with Crippen molar-refractivity contribution in [2.24, 2.45) is 0 Å². The third-order valence-electron chi connectivity index (χ3n) is 4.53. The van der Waals surface area contributed by atoms with Crippen molar-refractivity contribution in [2.45, 2.75) is 31.8 Å². The predicted octanol–water partition coefficient (Wildman–Crippen LogP) is 1.17. The first-order valence-electron chi connectivity index (χ1n) is 7.60. The van der Waals surface area contributed by atoms with Gasteiger partial charge in [0.05, 0.1) is 18.8 Å². The smallest absolute Gasteiger partial charge is 0.410 e. The van der Waals surface area contributed by atoms with Crippen molar-refractivity contribution >= 4 is 12.0 Å². The summed E-state index contributed by atoms with van der Waals surface area (Å²) in [5, 5.41) is 0. The van der Waals surface area contributed by atoms with Crippen molar-refractivity contribution in [3.63, 3.8) is 0 Å². The maximum atomic E-state index is 12.3. The Morgan fingerprint density at radius 3 is 2.67 bits per heavy atom. The summed E-state index contributed by atoms with van der Waals surface area (Å²) in [7, 11) is 0. The number of amides is 2. The van der Waals surface area contributed by atoms with Crippen LogP contribution in [0.1, 0.15) is 26.2 Å². The molecule has 0 radical (unpaired) electrons. The highest BCUT2D eigenvalue weighted by molar-refractivity contribution is 5.83. The van der Waals surface area contributed by atoms with Gasteiger partial charge in [-0.3, -0.25) is 9.69 Å². The first kappa shape index (κ1) is 14.4. The molecule has 0 atom stereocenters. The lowest BCUT2D eigenvalue weighted by Gasteiger charge is -2.42. The van der Waals surface area contributed by atoms with Gasteiger partial charge in [-0.15, -0.1) is 0 Å². The van der Waals surface area contributed by atoms with E-state index in [0.717, 1.165) is 25.9 Å². The van der Waals surface area contributed by atoms with Crippen molar-refractivity contribution in [1.82, 2.24) is 9.80 Å². The molecule has 2 fully saturated rings. The Kier molecular flexibility index (Phi) is 3.89. The molecule has 0 aromatic rings. The van der Waals surface area contributed by atoms with Crippen molar-refractivity contribution in [1.29, 1.82) is 0 Å². The molecule has 0 saturated carbocycles. The Morgan fingerprint density at radius 2 is 2.05 bits per heavy atom. The number of cyclic esters (lactones) is 1. The summed E-state index contributed by atoms with van der Waals surface area (Å²) in [6, 6.07) is 0. The van der Waals surface area contributed by atoms with E-state index in [-0.39, 0.29) is 24.1 Å². The van der Waals surface area contributed by atoms with Crippen LogP contribution in [0.5, 0.6) is 0 Å². The summed E-state index contributed by atoms with van der Waals surface area (Å²) in [5.74, 6) is 0.000195. The fourth-order valence-electron chi connectivity index (χ4n) is 3.23. The molecule has 0 N–H and O–H groups in total. The summed E-state index contributed by atoms with van der Waals surface area (Å²) in [5.41, 5.74) is 1.20. The zero-order valence-corrected chi connectivity index (χ0v) is 12.5. The first-order chi connectivity index (χ1) is 10.1. The van der Waals surface area contributed by atoms with Crippen molar-refractivity contribution in [3.05, 3.63) is 11.6 Å². The molecule has 2 saturated heterocycles. The van der Waals surface area contributed by atoms with E-state index in [9.17, 15) is 9.59 Å². The van der Waals surface area contributed by atoms with Gasteiger partial charge in [0.25, 0.3) is 0 Å². The van der Waals surface area contributed by atoms with Crippen LogP contribution >= 0.6 is 0 Å². The van der Waals surface area contributed by atoms with E-state index in [1.165, 1.54) is 10.5 Å². The topological polar surface area (TPSA) is 59.1 Å². The minimum atomic E-state index is -0.383. The number of carbonyl (C=O) groups excluding carboxylic acids is 2. The van der Waals surface area contributed by atoms with Gasteiger partial charge < -0.3 is 14.4 Å². The first-order valence-corrected chi connectivity index (χ1v) is 7.60. The van der Waals surface area contributed by atoms with Crippen LogP contribution in [-0.2, 0) is 14.3 Å². The normalized spacial score (nSPS) is 25.0. The Balaban J connectivity index is 1.54. The molecule has 0 bridgehead atoms. The minimum absolute atomic E-state index is 0.000195. The second kappa shape index (κ2) is 5.67. The van der Waals surface area contributed by atoms with Crippen molar-refractivity contribution in [2.75, 3.05) is 39.4 Å². The lowest BCUT2D eigenvalue weighted by Crippen LogP contribution is -2.50. The number of likely N-dealkylation sites (tertiary alicyclic amines) is 1. The zero-order chi connectivity index (χ0) is 14.9. The summed E-state index contributed by atoms with van der Waals surface area (Å²) >= 11 is 0. The molecule has 3 aliphatic rings. The summed E-state index contributed by atoms with van der Waals surface area (Å²) in [6.07, 6.45) is 4.52. The summed E-state index contributed by atoms with van der Waals surface area (Å²) in [4.78, 5) is 26.9. The molecule has 116 valence electrons. The van der Waals surface area contributed by atoms with Crippen LogP contribution in [0, 0.1) is 0 Å². The van der Waals surface area contributed by atoms with Crippen LogP contribution in [0.15, 0.2) is 11.6 Å². The number of carbonyl (C=O) groups is 2. The monoisotopic (exact) mass is 294 g/mol. The molecule has 6 heteroatoms. The van der Waals surface area contributed by atoms with Gasteiger partial charge >= 0.3 is 6.09 Å². The number of rotatable bonds is 2. The second-order valence-corrected chi connectivity index (χ2v) is 6.07. The van der Waals surface area contributed by atoms with Gasteiger partial charge in [-0.25, -0.2) is 4.79 Å². The third-order valence-corrected chi connectivity index (χ3v) is 4.53. The molecule has 1 spiro atoms. The molecule has 3 heterocycles. The lowest BCUT2D eigenvalue weighted by atomic mass is 9.87. The van der Waals surface area contributed by atoms with E-state index in [1.807, 2.05) is 4.90 Å². The van der Waals surface area contributed by atoms with Gasteiger partial charge in [-0.2, -0.15) is 0 Å². The van der Waals surface area contributed by atoms with Crippen molar-refractivity contribution in [3.8, 4) is 0 Å².